The number of ether oxygens (including phenoxy) is 1. The number of hydrogen-bond acceptors (Lipinski definition) is 3. The second-order valence-corrected chi connectivity index (χ2v) is 3.64. The molecule has 1 heterocycles. The van der Waals surface area contributed by atoms with Crippen LogP contribution in [0.15, 0.2) is 33.5 Å². The first kappa shape index (κ1) is 10.2. The Labute approximate surface area is 94.8 Å². The molecule has 2 aromatic rings. The predicted molar refractivity (Wildman–Crippen MR) is 61.6 cm³/mol. The zero-order chi connectivity index (χ0) is 10.8. The molecular formula is C11H9BrO3. The Kier molecular flexibility index (Phi) is 2.77. The summed E-state index contributed by atoms with van der Waals surface area (Å²) in [4.78, 5) is 11.2. The predicted octanol–water partition coefficient (Wildman–Crippen LogP) is 2.83. The number of halogens is 1. The largest absolute Gasteiger partial charge is 0.481 e. The molecule has 0 aliphatic carbocycles. The molecule has 1 aromatic heterocycles. The third-order valence-corrected chi connectivity index (χ3v) is 2.30. The average molecular weight is 269 g/mol. The minimum atomic E-state index is -0.399. The normalized spacial score (nSPS) is 10.5. The van der Waals surface area contributed by atoms with Gasteiger partial charge in [-0.25, -0.2) is 4.79 Å². The number of aryl methyl sites for hydroxylation is 1. The highest BCUT2D eigenvalue weighted by molar-refractivity contribution is 9.09. The van der Waals surface area contributed by atoms with Crippen molar-refractivity contribution in [2.24, 2.45) is 0 Å². The Balaban J connectivity index is 2.74. The van der Waals surface area contributed by atoms with Crippen LogP contribution in [0.3, 0.4) is 0 Å². The summed E-state index contributed by atoms with van der Waals surface area (Å²) in [6.45, 7) is 1.94. The van der Waals surface area contributed by atoms with Gasteiger partial charge in [-0.05, 0) is 40.5 Å². The van der Waals surface area contributed by atoms with Crippen LogP contribution in [0.25, 0.3) is 11.0 Å². The van der Waals surface area contributed by atoms with Crippen LogP contribution in [0.1, 0.15) is 5.56 Å². The molecule has 15 heavy (non-hydrogen) atoms. The Hall–Kier alpha value is -1.29. The highest BCUT2D eigenvalue weighted by Gasteiger charge is 2.05. The van der Waals surface area contributed by atoms with Crippen molar-refractivity contribution in [2.75, 3.05) is 5.52 Å². The quantitative estimate of drug-likeness (QED) is 0.621. The average Bonchev–Trinajstić information content (AvgIpc) is 2.17. The van der Waals surface area contributed by atoms with Crippen LogP contribution >= 0.6 is 15.9 Å². The third-order valence-electron chi connectivity index (χ3n) is 2.07. The molecule has 0 spiro atoms. The maximum absolute atomic E-state index is 11.2. The lowest BCUT2D eigenvalue weighted by molar-refractivity contribution is 0.397. The summed E-state index contributed by atoms with van der Waals surface area (Å²) in [6, 6.07) is 6.99. The molecule has 0 atom stereocenters. The van der Waals surface area contributed by atoms with E-state index in [1.165, 1.54) is 6.07 Å². The fourth-order valence-corrected chi connectivity index (χ4v) is 1.67. The molecule has 0 saturated carbocycles. The topological polar surface area (TPSA) is 39.4 Å². The van der Waals surface area contributed by atoms with Gasteiger partial charge in [0.05, 0.1) is 11.5 Å². The molecule has 0 aliphatic heterocycles. The third kappa shape index (κ3) is 2.04. The summed E-state index contributed by atoms with van der Waals surface area (Å²) >= 11 is 3.16. The molecule has 0 unspecified atom stereocenters. The van der Waals surface area contributed by atoms with Gasteiger partial charge in [0.1, 0.15) is 16.8 Å². The monoisotopic (exact) mass is 268 g/mol. The van der Waals surface area contributed by atoms with Gasteiger partial charge in [-0.2, -0.15) is 0 Å². The van der Waals surface area contributed by atoms with Crippen LogP contribution in [-0.2, 0) is 0 Å². The molecular weight excluding hydrogens is 260 g/mol. The lowest BCUT2D eigenvalue weighted by Crippen LogP contribution is -2.00. The number of rotatable bonds is 2. The van der Waals surface area contributed by atoms with Crippen LogP contribution in [0, 0.1) is 6.92 Å². The Morgan fingerprint density at radius 3 is 2.93 bits per heavy atom. The van der Waals surface area contributed by atoms with E-state index in [2.05, 4.69) is 15.9 Å². The lowest BCUT2D eigenvalue weighted by Gasteiger charge is -2.05. The molecule has 3 nitrogen and oxygen atoms in total. The maximum Gasteiger partial charge on any atom is 0.339 e. The molecule has 0 aliphatic rings. The molecule has 4 heteroatoms. The first-order valence-electron chi connectivity index (χ1n) is 4.44. The first-order valence-corrected chi connectivity index (χ1v) is 5.56. The molecule has 0 fully saturated rings. The van der Waals surface area contributed by atoms with E-state index >= 15 is 0 Å². The molecule has 78 valence electrons. The van der Waals surface area contributed by atoms with Gasteiger partial charge < -0.3 is 9.15 Å². The molecule has 0 bridgehead atoms. The van der Waals surface area contributed by atoms with Crippen LogP contribution in [0.2, 0.25) is 0 Å². The Bertz CT molecular complexity index is 545. The van der Waals surface area contributed by atoms with Crippen molar-refractivity contribution in [2.45, 2.75) is 6.92 Å². The van der Waals surface area contributed by atoms with Crippen molar-refractivity contribution in [3.63, 3.8) is 0 Å². The number of hydrogen-bond donors (Lipinski definition) is 0. The number of alkyl halides is 1. The maximum atomic E-state index is 11.2. The summed E-state index contributed by atoms with van der Waals surface area (Å²) < 4.78 is 10.4. The summed E-state index contributed by atoms with van der Waals surface area (Å²) in [5.41, 5.74) is 1.54. The molecule has 0 amide bonds. The summed E-state index contributed by atoms with van der Waals surface area (Å²) in [6.07, 6.45) is 0. The van der Waals surface area contributed by atoms with E-state index in [9.17, 15) is 4.79 Å². The van der Waals surface area contributed by atoms with Crippen LogP contribution < -0.4 is 10.4 Å². The summed E-state index contributed by atoms with van der Waals surface area (Å²) in [5.74, 6) is 0.540. The van der Waals surface area contributed by atoms with Crippen LogP contribution in [0.4, 0.5) is 0 Å². The summed E-state index contributed by atoms with van der Waals surface area (Å²) in [5, 5.41) is 0.805. The van der Waals surface area contributed by atoms with Gasteiger partial charge >= 0.3 is 5.63 Å². The lowest BCUT2D eigenvalue weighted by atomic mass is 10.1. The van der Waals surface area contributed by atoms with E-state index in [1.807, 2.05) is 25.1 Å². The Morgan fingerprint density at radius 2 is 2.20 bits per heavy atom. The van der Waals surface area contributed by atoms with E-state index in [-0.39, 0.29) is 0 Å². The molecule has 2 rings (SSSR count). The fraction of sp³-hybridized carbons (Fsp3) is 0.182. The van der Waals surface area contributed by atoms with E-state index in [0.717, 1.165) is 10.9 Å². The van der Waals surface area contributed by atoms with Gasteiger partial charge in [0.2, 0.25) is 0 Å². The van der Waals surface area contributed by atoms with Crippen LogP contribution in [0.5, 0.6) is 5.75 Å². The van der Waals surface area contributed by atoms with Crippen molar-refractivity contribution < 1.29 is 9.15 Å². The van der Waals surface area contributed by atoms with E-state index in [0.29, 0.717) is 16.8 Å². The van der Waals surface area contributed by atoms with Crippen molar-refractivity contribution in [3.8, 4) is 5.75 Å². The highest BCUT2D eigenvalue weighted by Crippen LogP contribution is 2.24. The van der Waals surface area contributed by atoms with Gasteiger partial charge in [0.15, 0.2) is 0 Å². The van der Waals surface area contributed by atoms with Crippen molar-refractivity contribution >= 4 is 26.9 Å². The number of benzene rings is 1. The minimum Gasteiger partial charge on any atom is -0.481 e. The highest BCUT2D eigenvalue weighted by atomic mass is 79.9. The zero-order valence-corrected chi connectivity index (χ0v) is 9.71. The molecule has 1 aromatic carbocycles. The van der Waals surface area contributed by atoms with E-state index in [1.54, 1.807) is 0 Å². The second-order valence-electron chi connectivity index (χ2n) is 3.18. The Morgan fingerprint density at radius 1 is 1.40 bits per heavy atom. The van der Waals surface area contributed by atoms with Crippen molar-refractivity contribution in [3.05, 3.63) is 40.2 Å². The molecule has 0 N–H and O–H groups in total. The smallest absolute Gasteiger partial charge is 0.339 e. The van der Waals surface area contributed by atoms with Gasteiger partial charge in [0, 0.05) is 0 Å². The first-order chi connectivity index (χ1) is 7.20. The van der Waals surface area contributed by atoms with Gasteiger partial charge in [0.25, 0.3) is 0 Å². The minimum absolute atomic E-state index is 0.347. The molecule has 0 saturated heterocycles. The van der Waals surface area contributed by atoms with Gasteiger partial charge in [-0.3, -0.25) is 0 Å². The van der Waals surface area contributed by atoms with E-state index in [4.69, 9.17) is 9.15 Å². The van der Waals surface area contributed by atoms with Crippen LogP contribution in [-0.4, -0.2) is 5.52 Å². The van der Waals surface area contributed by atoms with Gasteiger partial charge in [-0.1, -0.05) is 6.07 Å². The standard InChI is InChI=1S/C11H9BrO3/c1-7-2-3-8-9(14-6-12)5-11(13)15-10(8)4-7/h2-5H,6H2,1H3. The summed E-state index contributed by atoms with van der Waals surface area (Å²) in [7, 11) is 0. The molecule has 0 radical (unpaired) electrons. The van der Waals surface area contributed by atoms with Crippen molar-refractivity contribution in [1.29, 1.82) is 0 Å². The van der Waals surface area contributed by atoms with Crippen molar-refractivity contribution in [1.82, 2.24) is 0 Å². The van der Waals surface area contributed by atoms with Gasteiger partial charge in [-0.15, -0.1) is 0 Å². The second kappa shape index (κ2) is 4.06. The fourth-order valence-electron chi connectivity index (χ4n) is 1.42. The van der Waals surface area contributed by atoms with E-state index < -0.39 is 5.63 Å². The SMILES string of the molecule is Cc1ccc2c(OCBr)cc(=O)oc2c1. The number of fused-ring (bicyclic) bond motifs is 1. The zero-order valence-electron chi connectivity index (χ0n) is 8.12.